The Bertz CT molecular complexity index is 386. The highest BCUT2D eigenvalue weighted by Gasteiger charge is 2.21. The first-order valence-electron chi connectivity index (χ1n) is 6.42. The third kappa shape index (κ3) is 6.27. The van der Waals surface area contributed by atoms with Gasteiger partial charge >= 0.3 is 5.97 Å². The largest absolute Gasteiger partial charge is 0.473 e. The second-order valence-corrected chi connectivity index (χ2v) is 5.38. The monoisotopic (exact) mass is 303 g/mol. The zero-order valence-corrected chi connectivity index (χ0v) is 12.7. The van der Waals surface area contributed by atoms with Gasteiger partial charge in [0.05, 0.1) is 18.8 Å². The Kier molecular flexibility index (Phi) is 7.42. The van der Waals surface area contributed by atoms with E-state index in [9.17, 15) is 9.90 Å². The van der Waals surface area contributed by atoms with Crippen LogP contribution in [0.4, 0.5) is 0 Å². The fourth-order valence-corrected chi connectivity index (χ4v) is 1.98. The molecule has 0 saturated heterocycles. The van der Waals surface area contributed by atoms with Crippen molar-refractivity contribution in [1.29, 1.82) is 0 Å². The minimum Gasteiger partial charge on any atom is -0.473 e. The maximum Gasteiger partial charge on any atom is 0.322 e. The molecule has 0 saturated carbocycles. The van der Waals surface area contributed by atoms with Crippen LogP contribution in [-0.2, 0) is 9.53 Å². The molecule has 0 aliphatic rings. The highest BCUT2D eigenvalue weighted by Crippen LogP contribution is 2.07. The normalized spacial score (nSPS) is 14.1. The van der Waals surface area contributed by atoms with E-state index in [1.54, 1.807) is 0 Å². The minimum absolute atomic E-state index is 0.0913. The zero-order chi connectivity index (χ0) is 15.0. The number of nitrogens with zero attached hydrogens (tertiary/aromatic N) is 2. The molecule has 0 radical (unpaired) electrons. The van der Waals surface area contributed by atoms with Crippen molar-refractivity contribution in [2.24, 2.45) is 5.92 Å². The Hall–Kier alpha value is -1.25. The molecule has 8 heteroatoms. The summed E-state index contributed by atoms with van der Waals surface area (Å²) in [6, 6.07) is -0.421. The van der Waals surface area contributed by atoms with Gasteiger partial charge in [0.2, 0.25) is 5.88 Å². The molecule has 2 atom stereocenters. The summed E-state index contributed by atoms with van der Waals surface area (Å²) in [5.41, 5.74) is 0. The van der Waals surface area contributed by atoms with Crippen LogP contribution in [0.5, 0.6) is 5.88 Å². The van der Waals surface area contributed by atoms with Crippen LogP contribution in [0.15, 0.2) is 6.20 Å². The number of hydrogen-bond acceptors (Lipinski definition) is 8. The van der Waals surface area contributed by atoms with Gasteiger partial charge < -0.3 is 19.9 Å². The molecule has 1 aromatic heterocycles. The molecule has 0 aromatic carbocycles. The van der Waals surface area contributed by atoms with Crippen LogP contribution in [-0.4, -0.2) is 52.2 Å². The lowest BCUT2D eigenvalue weighted by molar-refractivity contribution is -0.143. The van der Waals surface area contributed by atoms with Crippen LogP contribution in [0.25, 0.3) is 0 Å². The lowest BCUT2D eigenvalue weighted by atomic mass is 10.0. The van der Waals surface area contributed by atoms with Gasteiger partial charge in [0, 0.05) is 6.54 Å². The van der Waals surface area contributed by atoms with Gasteiger partial charge in [0.25, 0.3) is 0 Å². The first kappa shape index (κ1) is 16.8. The summed E-state index contributed by atoms with van der Waals surface area (Å²) < 4.78 is 17.6. The molecule has 20 heavy (non-hydrogen) atoms. The number of aromatic nitrogens is 2. The highest BCUT2D eigenvalue weighted by molar-refractivity contribution is 6.99. The van der Waals surface area contributed by atoms with Crippen molar-refractivity contribution >= 4 is 17.7 Å². The summed E-state index contributed by atoms with van der Waals surface area (Å²) in [5, 5.41) is 12.8. The Morgan fingerprint density at radius 3 is 2.85 bits per heavy atom. The summed E-state index contributed by atoms with van der Waals surface area (Å²) in [7, 11) is 1.35. The lowest BCUT2D eigenvalue weighted by Crippen LogP contribution is -2.43. The van der Waals surface area contributed by atoms with E-state index in [1.165, 1.54) is 13.3 Å². The third-order valence-corrected chi connectivity index (χ3v) is 3.02. The molecular weight excluding hydrogens is 282 g/mol. The molecule has 0 bridgehead atoms. The molecule has 114 valence electrons. The van der Waals surface area contributed by atoms with E-state index in [2.05, 4.69) is 14.1 Å². The van der Waals surface area contributed by atoms with Gasteiger partial charge in [-0.05, 0) is 12.3 Å². The topological polar surface area (TPSA) is 93.6 Å². The van der Waals surface area contributed by atoms with Crippen molar-refractivity contribution in [2.45, 2.75) is 32.4 Å². The predicted octanol–water partition coefficient (Wildman–Crippen LogP) is 0.455. The van der Waals surface area contributed by atoms with Gasteiger partial charge in [0.15, 0.2) is 0 Å². The highest BCUT2D eigenvalue weighted by atomic mass is 32.1. The van der Waals surface area contributed by atoms with Gasteiger partial charge in [-0.25, -0.2) is 0 Å². The van der Waals surface area contributed by atoms with Crippen molar-refractivity contribution in [1.82, 2.24) is 14.1 Å². The van der Waals surface area contributed by atoms with Gasteiger partial charge in [-0.1, -0.05) is 13.8 Å². The minimum atomic E-state index is -0.740. The predicted molar refractivity (Wildman–Crippen MR) is 74.7 cm³/mol. The fourth-order valence-electron chi connectivity index (χ4n) is 1.62. The lowest BCUT2D eigenvalue weighted by Gasteiger charge is -2.20. The van der Waals surface area contributed by atoms with Crippen molar-refractivity contribution in [2.75, 3.05) is 20.3 Å². The number of aliphatic hydroxyl groups excluding tert-OH is 1. The maximum absolute atomic E-state index is 11.6. The molecule has 0 spiro atoms. The van der Waals surface area contributed by atoms with Crippen molar-refractivity contribution in [3.63, 3.8) is 0 Å². The molecule has 2 unspecified atom stereocenters. The van der Waals surface area contributed by atoms with E-state index in [-0.39, 0.29) is 19.1 Å². The maximum atomic E-state index is 11.6. The molecule has 7 nitrogen and oxygen atoms in total. The molecule has 1 heterocycles. The van der Waals surface area contributed by atoms with Crippen molar-refractivity contribution in [3.8, 4) is 5.88 Å². The average molecular weight is 303 g/mol. The molecule has 0 amide bonds. The Balaban J connectivity index is 2.32. The number of rotatable bonds is 9. The van der Waals surface area contributed by atoms with E-state index in [4.69, 9.17) is 9.47 Å². The van der Waals surface area contributed by atoms with Crippen LogP contribution in [0, 0.1) is 5.92 Å². The number of esters is 1. The number of hydrogen-bond donors (Lipinski definition) is 2. The molecule has 0 aliphatic carbocycles. The Labute approximate surface area is 122 Å². The molecule has 1 rings (SSSR count). The summed E-state index contributed by atoms with van der Waals surface area (Å²) in [6.07, 6.45) is 1.40. The van der Waals surface area contributed by atoms with E-state index in [0.717, 1.165) is 11.7 Å². The van der Waals surface area contributed by atoms with Crippen LogP contribution in [0.2, 0.25) is 0 Å². The summed E-state index contributed by atoms with van der Waals surface area (Å²) in [4.78, 5) is 11.6. The van der Waals surface area contributed by atoms with Crippen LogP contribution in [0.3, 0.4) is 0 Å². The van der Waals surface area contributed by atoms with Crippen molar-refractivity contribution < 1.29 is 19.4 Å². The molecule has 0 aliphatic heterocycles. The first-order chi connectivity index (χ1) is 9.52. The zero-order valence-electron chi connectivity index (χ0n) is 11.9. The van der Waals surface area contributed by atoms with E-state index in [0.29, 0.717) is 18.2 Å². The first-order valence-corrected chi connectivity index (χ1v) is 7.15. The van der Waals surface area contributed by atoms with Crippen molar-refractivity contribution in [3.05, 3.63) is 6.20 Å². The molecule has 2 N–H and O–H groups in total. The third-order valence-electron chi connectivity index (χ3n) is 2.56. The summed E-state index contributed by atoms with van der Waals surface area (Å²) in [5.74, 6) is 0.414. The second kappa shape index (κ2) is 8.83. The van der Waals surface area contributed by atoms with Gasteiger partial charge in [-0.2, -0.15) is 4.37 Å². The van der Waals surface area contributed by atoms with E-state index < -0.39 is 12.1 Å². The molecule has 0 fully saturated rings. The van der Waals surface area contributed by atoms with Gasteiger partial charge in [-0.15, -0.1) is 4.37 Å². The number of carbonyl (C=O) groups excluding carboxylic acids is 1. The Morgan fingerprint density at radius 2 is 2.30 bits per heavy atom. The molecular formula is C12H21N3O4S. The Morgan fingerprint density at radius 1 is 1.55 bits per heavy atom. The second-order valence-electron chi connectivity index (χ2n) is 4.82. The smallest absolute Gasteiger partial charge is 0.322 e. The van der Waals surface area contributed by atoms with Gasteiger partial charge in [-0.3, -0.25) is 4.79 Å². The summed E-state index contributed by atoms with van der Waals surface area (Å²) in [6.45, 7) is 4.37. The number of aliphatic hydroxyl groups is 1. The van der Waals surface area contributed by atoms with Gasteiger partial charge in [0.1, 0.15) is 24.9 Å². The number of methoxy groups -OCH3 is 1. The van der Waals surface area contributed by atoms with Crippen LogP contribution in [0.1, 0.15) is 20.3 Å². The SMILES string of the molecule is COC(=O)C(CC(C)C)NCC(O)COc1cnsn1. The number of carbonyl (C=O) groups is 1. The summed E-state index contributed by atoms with van der Waals surface area (Å²) >= 11 is 1.04. The van der Waals surface area contributed by atoms with Crippen LogP contribution >= 0.6 is 11.7 Å². The van der Waals surface area contributed by atoms with E-state index >= 15 is 0 Å². The standard InChI is InChI=1S/C12H21N3O4S/c1-8(2)4-10(12(17)18-3)13-5-9(16)7-19-11-6-14-20-15-11/h6,8-10,13,16H,4-5,7H2,1-3H3. The average Bonchev–Trinajstić information content (AvgIpc) is 2.93. The van der Waals surface area contributed by atoms with E-state index in [1.807, 2.05) is 13.8 Å². The van der Waals surface area contributed by atoms with Crippen LogP contribution < -0.4 is 10.1 Å². The number of ether oxygens (including phenoxy) is 2. The quantitative estimate of drug-likeness (QED) is 0.640. The fraction of sp³-hybridized carbons (Fsp3) is 0.750. The number of nitrogens with one attached hydrogen (secondary N) is 1. The molecule has 1 aromatic rings.